The molecule has 0 spiro atoms. The monoisotopic (exact) mass is 356 g/mol. The van der Waals surface area contributed by atoms with E-state index in [1.54, 1.807) is 12.1 Å². The van der Waals surface area contributed by atoms with Crippen LogP contribution in [-0.4, -0.2) is 5.26 Å². The lowest BCUT2D eigenvalue weighted by molar-refractivity contribution is -0.297. The maximum Gasteiger partial charge on any atom is 0.165 e. The van der Waals surface area contributed by atoms with Crippen molar-refractivity contribution in [3.63, 3.8) is 0 Å². The topological polar surface area (TPSA) is 29.5 Å². The van der Waals surface area contributed by atoms with E-state index < -0.39 is 17.7 Å². The first-order valence-electron chi connectivity index (χ1n) is 9.76. The number of hydrogen-bond donors (Lipinski definition) is 1. The van der Waals surface area contributed by atoms with Gasteiger partial charge in [-0.25, -0.2) is 13.7 Å². The Morgan fingerprint density at radius 3 is 2.08 bits per heavy atom. The SMILES string of the molecule is Cc1ccc(C(OO)C2CCC(C3CCC(C)CC3)CC2)c(F)c1F.[HH].[HH]. The third-order valence-corrected chi connectivity index (χ3v) is 6.70. The van der Waals surface area contributed by atoms with Crippen molar-refractivity contribution in [1.29, 1.82) is 0 Å². The van der Waals surface area contributed by atoms with E-state index in [2.05, 4.69) is 11.8 Å². The van der Waals surface area contributed by atoms with Crippen molar-refractivity contribution < 1.29 is 21.8 Å². The highest BCUT2D eigenvalue weighted by Gasteiger charge is 2.35. The molecule has 2 nitrogen and oxygen atoms in total. The summed E-state index contributed by atoms with van der Waals surface area (Å²) in [6, 6.07) is 3.10. The molecule has 4 heteroatoms. The van der Waals surface area contributed by atoms with Crippen LogP contribution in [0.15, 0.2) is 12.1 Å². The van der Waals surface area contributed by atoms with Crippen LogP contribution in [0.25, 0.3) is 0 Å². The normalized spacial score (nSPS) is 31.7. The van der Waals surface area contributed by atoms with Gasteiger partial charge < -0.3 is 0 Å². The fourth-order valence-electron chi connectivity index (χ4n) is 4.95. The Balaban J connectivity index is 0.00000182. The van der Waals surface area contributed by atoms with Gasteiger partial charge in [0.25, 0.3) is 0 Å². The Bertz CT molecular complexity index is 584. The van der Waals surface area contributed by atoms with Crippen molar-refractivity contribution in [2.45, 2.75) is 71.3 Å². The zero-order chi connectivity index (χ0) is 18.0. The van der Waals surface area contributed by atoms with E-state index in [-0.39, 0.29) is 19.9 Å². The number of hydrogen-bond acceptors (Lipinski definition) is 2. The molecule has 0 radical (unpaired) electrons. The Labute approximate surface area is 152 Å². The van der Waals surface area contributed by atoms with Crippen LogP contribution in [0, 0.1) is 42.2 Å². The molecule has 0 heterocycles. The fourth-order valence-corrected chi connectivity index (χ4v) is 4.95. The lowest BCUT2D eigenvalue weighted by Gasteiger charge is -2.38. The molecule has 2 aliphatic rings. The molecule has 1 aromatic carbocycles. The minimum absolute atomic E-state index is 0. The fraction of sp³-hybridized carbons (Fsp3) is 0.714. The van der Waals surface area contributed by atoms with Crippen molar-refractivity contribution in [3.05, 3.63) is 34.9 Å². The molecule has 25 heavy (non-hydrogen) atoms. The lowest BCUT2D eigenvalue weighted by atomic mass is 9.68. The minimum Gasteiger partial charge on any atom is -0.251 e. The standard InChI is InChI=1S/C21H30F2O2.2H2/c1-13-3-6-15(7-4-13)16-8-10-17(11-9-16)21(25-24)18-12-5-14(2)19(22)20(18)23;;/h5,12-13,15-17,21,24H,3-4,6-11H2,1-2H3;2*1H. The minimum atomic E-state index is -0.887. The highest BCUT2D eigenvalue weighted by atomic mass is 19.2. The van der Waals surface area contributed by atoms with Gasteiger partial charge in [-0.15, -0.1) is 0 Å². The summed E-state index contributed by atoms with van der Waals surface area (Å²) in [7, 11) is 0. The maximum absolute atomic E-state index is 14.3. The average molecular weight is 356 g/mol. The van der Waals surface area contributed by atoms with Gasteiger partial charge in [-0.05, 0) is 74.7 Å². The molecule has 144 valence electrons. The predicted octanol–water partition coefficient (Wildman–Crippen LogP) is 6.93. The van der Waals surface area contributed by atoms with Crippen molar-refractivity contribution in [3.8, 4) is 0 Å². The largest absolute Gasteiger partial charge is 0.251 e. The lowest BCUT2D eigenvalue weighted by Crippen LogP contribution is -2.28. The average Bonchev–Trinajstić information content (AvgIpc) is 2.63. The van der Waals surface area contributed by atoms with Gasteiger partial charge in [-0.1, -0.05) is 31.9 Å². The first-order chi connectivity index (χ1) is 12.0. The third kappa shape index (κ3) is 4.06. The second-order valence-corrected chi connectivity index (χ2v) is 8.32. The molecule has 1 aromatic rings. The van der Waals surface area contributed by atoms with Gasteiger partial charge in [0, 0.05) is 8.42 Å². The summed E-state index contributed by atoms with van der Waals surface area (Å²) in [5, 5.41) is 9.37. The Kier molecular flexibility index (Phi) is 6.11. The predicted molar refractivity (Wildman–Crippen MR) is 98.3 cm³/mol. The molecule has 1 unspecified atom stereocenters. The summed E-state index contributed by atoms with van der Waals surface area (Å²) in [5.41, 5.74) is 0.411. The summed E-state index contributed by atoms with van der Waals surface area (Å²) >= 11 is 0. The van der Waals surface area contributed by atoms with E-state index in [4.69, 9.17) is 0 Å². The molecule has 2 aliphatic carbocycles. The molecule has 1 atom stereocenters. The molecule has 1 N–H and O–H groups in total. The van der Waals surface area contributed by atoms with Gasteiger partial charge in [0.1, 0.15) is 6.10 Å². The van der Waals surface area contributed by atoms with Crippen molar-refractivity contribution in [2.75, 3.05) is 0 Å². The first-order valence-corrected chi connectivity index (χ1v) is 9.76. The molecule has 2 saturated carbocycles. The van der Waals surface area contributed by atoms with Gasteiger partial charge >= 0.3 is 0 Å². The van der Waals surface area contributed by atoms with Crippen LogP contribution in [0.2, 0.25) is 0 Å². The van der Waals surface area contributed by atoms with Gasteiger partial charge in [-0.2, -0.15) is 0 Å². The Morgan fingerprint density at radius 1 is 0.960 bits per heavy atom. The molecule has 0 bridgehead atoms. The van der Waals surface area contributed by atoms with Crippen LogP contribution < -0.4 is 0 Å². The highest BCUT2D eigenvalue weighted by molar-refractivity contribution is 5.27. The Hall–Kier alpha value is -1.00. The summed E-state index contributed by atoms with van der Waals surface area (Å²) in [4.78, 5) is 4.64. The van der Waals surface area contributed by atoms with Crippen LogP contribution in [0.1, 0.15) is 78.4 Å². The quantitative estimate of drug-likeness (QED) is 0.468. The zero-order valence-corrected chi connectivity index (χ0v) is 15.3. The summed E-state index contributed by atoms with van der Waals surface area (Å²) in [5.74, 6) is 0.730. The van der Waals surface area contributed by atoms with E-state index >= 15 is 0 Å². The van der Waals surface area contributed by atoms with Gasteiger partial charge in [0.2, 0.25) is 0 Å². The molecule has 3 rings (SSSR count). The first kappa shape index (κ1) is 18.8. The van der Waals surface area contributed by atoms with Crippen molar-refractivity contribution in [2.24, 2.45) is 23.7 Å². The molecule has 0 amide bonds. The number of aryl methyl sites for hydroxylation is 1. The van der Waals surface area contributed by atoms with Crippen LogP contribution >= 0.6 is 0 Å². The highest BCUT2D eigenvalue weighted by Crippen LogP contribution is 2.45. The molecule has 2 fully saturated rings. The van der Waals surface area contributed by atoms with Gasteiger partial charge in [-0.3, -0.25) is 5.26 Å². The van der Waals surface area contributed by atoms with E-state index in [1.165, 1.54) is 32.6 Å². The number of halogens is 2. The van der Waals surface area contributed by atoms with Crippen LogP contribution in [-0.2, 0) is 4.89 Å². The van der Waals surface area contributed by atoms with Crippen LogP contribution in [0.3, 0.4) is 0 Å². The molecular weight excluding hydrogens is 322 g/mol. The molecular formula is C21H34F2O2. The van der Waals surface area contributed by atoms with E-state index in [1.807, 2.05) is 0 Å². The van der Waals surface area contributed by atoms with Crippen LogP contribution in [0.5, 0.6) is 0 Å². The number of rotatable bonds is 4. The van der Waals surface area contributed by atoms with Crippen molar-refractivity contribution >= 4 is 0 Å². The van der Waals surface area contributed by atoms with Crippen LogP contribution in [0.4, 0.5) is 8.78 Å². The van der Waals surface area contributed by atoms with E-state index in [0.717, 1.165) is 43.4 Å². The van der Waals surface area contributed by atoms with Gasteiger partial charge in [0.15, 0.2) is 11.6 Å². The summed E-state index contributed by atoms with van der Waals surface area (Å²) < 4.78 is 28.2. The maximum atomic E-state index is 14.3. The second kappa shape index (κ2) is 8.13. The van der Waals surface area contributed by atoms with Crippen molar-refractivity contribution in [1.82, 2.24) is 0 Å². The second-order valence-electron chi connectivity index (χ2n) is 8.32. The van der Waals surface area contributed by atoms with E-state index in [0.29, 0.717) is 0 Å². The smallest absolute Gasteiger partial charge is 0.165 e. The third-order valence-electron chi connectivity index (χ3n) is 6.70. The zero-order valence-electron chi connectivity index (χ0n) is 15.3. The summed E-state index contributed by atoms with van der Waals surface area (Å²) in [6.07, 6.45) is 8.54. The molecule has 0 aliphatic heterocycles. The summed E-state index contributed by atoms with van der Waals surface area (Å²) in [6.45, 7) is 3.87. The molecule has 0 saturated heterocycles. The van der Waals surface area contributed by atoms with E-state index in [9.17, 15) is 14.0 Å². The van der Waals surface area contributed by atoms with Gasteiger partial charge in [0.05, 0.1) is 0 Å². The Morgan fingerprint density at radius 2 is 1.52 bits per heavy atom. The molecule has 0 aromatic heterocycles. The number of benzene rings is 1.